The Balaban J connectivity index is 0.00000133. The lowest BCUT2D eigenvalue weighted by Gasteiger charge is -2.38. The van der Waals surface area contributed by atoms with E-state index in [1.165, 1.54) is 38.5 Å². The van der Waals surface area contributed by atoms with Gasteiger partial charge in [0.25, 0.3) is 0 Å². The van der Waals surface area contributed by atoms with Gasteiger partial charge in [-0.15, -0.1) is 12.4 Å². The topological polar surface area (TPSA) is 32.3 Å². The molecule has 3 aliphatic rings. The molecule has 0 spiro atoms. The second-order valence-corrected chi connectivity index (χ2v) is 6.39. The van der Waals surface area contributed by atoms with Crippen molar-refractivity contribution in [1.29, 1.82) is 0 Å². The van der Waals surface area contributed by atoms with Gasteiger partial charge in [-0.25, -0.2) is 0 Å². The fourth-order valence-electron chi connectivity index (χ4n) is 4.20. The number of nitrogens with one attached hydrogen (secondary N) is 1. The van der Waals surface area contributed by atoms with Crippen molar-refractivity contribution in [2.45, 2.75) is 57.4 Å². The molecule has 3 atom stereocenters. The predicted molar refractivity (Wildman–Crippen MR) is 79.5 cm³/mol. The van der Waals surface area contributed by atoms with Gasteiger partial charge in [0.2, 0.25) is 5.91 Å². The van der Waals surface area contributed by atoms with Gasteiger partial charge in [0.05, 0.1) is 0 Å². The lowest BCUT2D eigenvalue weighted by Crippen LogP contribution is -2.46. The fourth-order valence-corrected chi connectivity index (χ4v) is 4.20. The van der Waals surface area contributed by atoms with E-state index in [4.69, 9.17) is 0 Å². The van der Waals surface area contributed by atoms with Crippen LogP contribution in [0.1, 0.15) is 51.4 Å². The highest BCUT2D eigenvalue weighted by Crippen LogP contribution is 2.37. The predicted octanol–water partition coefficient (Wildman–Crippen LogP) is 2.59. The van der Waals surface area contributed by atoms with Gasteiger partial charge in [0.1, 0.15) is 0 Å². The van der Waals surface area contributed by atoms with Crippen molar-refractivity contribution in [3.8, 4) is 0 Å². The standard InChI is InChI=1S/C15H26N2O.ClH/c18-15(7-6-12-8-9-16-11-12)17-10-2-4-13-3-1-5-14(13)17;/h12-14,16H,1-11H2;1H. The first-order valence-electron chi connectivity index (χ1n) is 7.85. The molecule has 0 radical (unpaired) electrons. The molecule has 3 rings (SSSR count). The minimum absolute atomic E-state index is 0. The molecule has 0 aromatic carbocycles. The molecular weight excluding hydrogens is 260 g/mol. The van der Waals surface area contributed by atoms with Crippen LogP contribution in [-0.4, -0.2) is 36.5 Å². The number of rotatable bonds is 3. The third-order valence-electron chi connectivity index (χ3n) is 5.24. The normalized spacial score (nSPS) is 33.9. The van der Waals surface area contributed by atoms with Crippen molar-refractivity contribution >= 4 is 18.3 Å². The smallest absolute Gasteiger partial charge is 0.222 e. The van der Waals surface area contributed by atoms with E-state index in [9.17, 15) is 4.79 Å². The molecule has 0 aromatic rings. The van der Waals surface area contributed by atoms with Crippen molar-refractivity contribution < 1.29 is 4.79 Å². The van der Waals surface area contributed by atoms with Crippen LogP contribution in [0, 0.1) is 11.8 Å². The monoisotopic (exact) mass is 286 g/mol. The third kappa shape index (κ3) is 3.43. The van der Waals surface area contributed by atoms with Crippen molar-refractivity contribution in [3.63, 3.8) is 0 Å². The van der Waals surface area contributed by atoms with Gasteiger partial charge in [-0.05, 0) is 63.5 Å². The molecule has 4 heteroatoms. The highest BCUT2D eigenvalue weighted by atomic mass is 35.5. The highest BCUT2D eigenvalue weighted by molar-refractivity contribution is 5.85. The minimum atomic E-state index is 0. The van der Waals surface area contributed by atoms with E-state index in [1.807, 2.05) is 0 Å². The number of carbonyl (C=O) groups excluding carboxylic acids is 1. The van der Waals surface area contributed by atoms with Gasteiger partial charge in [-0.2, -0.15) is 0 Å². The van der Waals surface area contributed by atoms with Gasteiger partial charge in [-0.1, -0.05) is 6.42 Å². The third-order valence-corrected chi connectivity index (χ3v) is 5.24. The molecule has 2 aliphatic heterocycles. The molecule has 1 saturated carbocycles. The highest BCUT2D eigenvalue weighted by Gasteiger charge is 2.37. The van der Waals surface area contributed by atoms with Crippen molar-refractivity contribution in [2.24, 2.45) is 11.8 Å². The molecular formula is C15H27ClN2O. The molecule has 0 bridgehead atoms. The van der Waals surface area contributed by atoms with E-state index in [1.54, 1.807) is 0 Å². The lowest BCUT2D eigenvalue weighted by molar-refractivity contribution is -0.136. The summed E-state index contributed by atoms with van der Waals surface area (Å²) in [5.41, 5.74) is 0. The second kappa shape index (κ2) is 6.94. The average molecular weight is 287 g/mol. The Kier molecular flexibility index (Phi) is 5.52. The molecule has 3 nitrogen and oxygen atoms in total. The maximum atomic E-state index is 12.4. The lowest BCUT2D eigenvalue weighted by atomic mass is 9.91. The molecule has 19 heavy (non-hydrogen) atoms. The number of nitrogens with zero attached hydrogens (tertiary/aromatic N) is 1. The summed E-state index contributed by atoms with van der Waals surface area (Å²) >= 11 is 0. The van der Waals surface area contributed by atoms with Gasteiger partial charge in [-0.3, -0.25) is 4.79 Å². The van der Waals surface area contributed by atoms with Crippen molar-refractivity contribution in [2.75, 3.05) is 19.6 Å². The Morgan fingerprint density at radius 1 is 1.16 bits per heavy atom. The van der Waals surface area contributed by atoms with E-state index in [0.29, 0.717) is 11.9 Å². The molecule has 1 N–H and O–H groups in total. The molecule has 2 saturated heterocycles. The Bertz CT molecular complexity index is 305. The maximum absolute atomic E-state index is 12.4. The fraction of sp³-hybridized carbons (Fsp3) is 0.933. The van der Waals surface area contributed by atoms with Gasteiger partial charge >= 0.3 is 0 Å². The molecule has 0 aromatic heterocycles. The van der Waals surface area contributed by atoms with Gasteiger partial charge < -0.3 is 10.2 Å². The van der Waals surface area contributed by atoms with E-state index < -0.39 is 0 Å². The first-order chi connectivity index (χ1) is 8.84. The molecule has 3 unspecified atom stereocenters. The summed E-state index contributed by atoms with van der Waals surface area (Å²) in [6.45, 7) is 3.30. The minimum Gasteiger partial charge on any atom is -0.339 e. The van der Waals surface area contributed by atoms with E-state index in [2.05, 4.69) is 10.2 Å². The summed E-state index contributed by atoms with van der Waals surface area (Å²) in [6, 6.07) is 0.605. The van der Waals surface area contributed by atoms with E-state index in [0.717, 1.165) is 44.3 Å². The average Bonchev–Trinajstić information content (AvgIpc) is 3.05. The van der Waals surface area contributed by atoms with Crippen LogP contribution in [0.2, 0.25) is 0 Å². The van der Waals surface area contributed by atoms with Crippen LogP contribution < -0.4 is 5.32 Å². The summed E-state index contributed by atoms with van der Waals surface area (Å²) in [5.74, 6) is 2.02. The molecule has 2 heterocycles. The number of amides is 1. The first-order valence-corrected chi connectivity index (χ1v) is 7.85. The van der Waals surface area contributed by atoms with E-state index in [-0.39, 0.29) is 12.4 Å². The Labute approximate surface area is 122 Å². The summed E-state index contributed by atoms with van der Waals surface area (Å²) in [5, 5.41) is 3.39. The number of fused-ring (bicyclic) bond motifs is 1. The molecule has 110 valence electrons. The van der Waals surface area contributed by atoms with Gasteiger partial charge in [0.15, 0.2) is 0 Å². The quantitative estimate of drug-likeness (QED) is 0.865. The number of hydrogen-bond acceptors (Lipinski definition) is 2. The molecule has 1 aliphatic carbocycles. The summed E-state index contributed by atoms with van der Waals surface area (Å²) in [7, 11) is 0. The van der Waals surface area contributed by atoms with Crippen LogP contribution in [0.4, 0.5) is 0 Å². The van der Waals surface area contributed by atoms with Crippen LogP contribution in [0.3, 0.4) is 0 Å². The Morgan fingerprint density at radius 3 is 2.79 bits per heavy atom. The molecule has 3 fully saturated rings. The van der Waals surface area contributed by atoms with Crippen LogP contribution >= 0.6 is 12.4 Å². The van der Waals surface area contributed by atoms with Crippen LogP contribution in [-0.2, 0) is 4.79 Å². The summed E-state index contributed by atoms with van der Waals surface area (Å²) in [6.07, 6.45) is 9.71. The Hall–Kier alpha value is -0.280. The number of carbonyl (C=O) groups is 1. The first kappa shape index (κ1) is 15.1. The van der Waals surface area contributed by atoms with Gasteiger partial charge in [0, 0.05) is 19.0 Å². The zero-order valence-corrected chi connectivity index (χ0v) is 12.6. The van der Waals surface area contributed by atoms with Crippen molar-refractivity contribution in [1.82, 2.24) is 10.2 Å². The number of likely N-dealkylation sites (tertiary alicyclic amines) is 1. The van der Waals surface area contributed by atoms with Crippen LogP contribution in [0.15, 0.2) is 0 Å². The SMILES string of the molecule is Cl.O=C(CCC1CCNC1)N1CCCC2CCCC21. The van der Waals surface area contributed by atoms with E-state index >= 15 is 0 Å². The molecule has 1 amide bonds. The largest absolute Gasteiger partial charge is 0.339 e. The van der Waals surface area contributed by atoms with Crippen LogP contribution in [0.5, 0.6) is 0 Å². The maximum Gasteiger partial charge on any atom is 0.222 e. The van der Waals surface area contributed by atoms with Crippen LogP contribution in [0.25, 0.3) is 0 Å². The number of hydrogen-bond donors (Lipinski definition) is 1. The van der Waals surface area contributed by atoms with Crippen molar-refractivity contribution in [3.05, 3.63) is 0 Å². The summed E-state index contributed by atoms with van der Waals surface area (Å²) < 4.78 is 0. The summed E-state index contributed by atoms with van der Waals surface area (Å²) in [4.78, 5) is 14.6. The Morgan fingerprint density at radius 2 is 2.00 bits per heavy atom. The zero-order valence-electron chi connectivity index (χ0n) is 11.8. The second-order valence-electron chi connectivity index (χ2n) is 6.39. The number of halogens is 1. The zero-order chi connectivity index (χ0) is 12.4. The number of piperidine rings is 1.